The van der Waals surface area contributed by atoms with Crippen LogP contribution in [-0.4, -0.2) is 36.0 Å². The Bertz CT molecular complexity index is 742. The third-order valence-electron chi connectivity index (χ3n) is 4.48. The average molecular weight is 397 g/mol. The largest absolute Gasteiger partial charge is 0.355 e. The molecule has 2 rings (SSSR count). The number of amides is 3. The molecule has 154 valence electrons. The van der Waals surface area contributed by atoms with E-state index in [0.29, 0.717) is 13.0 Å². The van der Waals surface area contributed by atoms with Crippen LogP contribution in [0.15, 0.2) is 60.7 Å². The molecule has 0 heterocycles. The second kappa shape index (κ2) is 12.3. The highest BCUT2D eigenvalue weighted by Crippen LogP contribution is 2.24. The molecular weight excluding hydrogens is 370 g/mol. The predicted molar refractivity (Wildman–Crippen MR) is 109 cm³/mol. The van der Waals surface area contributed by atoms with Gasteiger partial charge in [-0.2, -0.15) is 0 Å². The Balaban J connectivity index is 1.79. The SMILES string of the molecule is O=C(CCCCCNC(=O)CNC(=O)C(c1ccccc1)c1ccccc1)NO. The van der Waals surface area contributed by atoms with Crippen molar-refractivity contribution in [2.75, 3.05) is 13.1 Å². The van der Waals surface area contributed by atoms with Crippen LogP contribution in [0.4, 0.5) is 0 Å². The van der Waals surface area contributed by atoms with Crippen molar-refractivity contribution in [2.45, 2.75) is 31.6 Å². The minimum atomic E-state index is -0.483. The van der Waals surface area contributed by atoms with Crippen LogP contribution < -0.4 is 16.1 Å². The molecule has 7 nitrogen and oxygen atoms in total. The standard InChI is InChI=1S/C22H27N3O4/c26-19(25-29)14-8-3-9-15-23-20(27)16-24-22(28)21(17-10-4-1-5-11-17)18-12-6-2-7-13-18/h1-2,4-7,10-13,21,29H,3,8-9,14-16H2,(H,23,27)(H,24,28)(H,25,26). The van der Waals surface area contributed by atoms with E-state index in [0.717, 1.165) is 24.0 Å². The first kappa shape index (κ1) is 22.1. The molecule has 0 atom stereocenters. The van der Waals surface area contributed by atoms with Gasteiger partial charge in [0.1, 0.15) is 0 Å². The molecular formula is C22H27N3O4. The summed E-state index contributed by atoms with van der Waals surface area (Å²) in [6.07, 6.45) is 2.36. The molecule has 2 aromatic rings. The molecule has 4 N–H and O–H groups in total. The summed E-state index contributed by atoms with van der Waals surface area (Å²) >= 11 is 0. The number of benzene rings is 2. The van der Waals surface area contributed by atoms with E-state index >= 15 is 0 Å². The summed E-state index contributed by atoms with van der Waals surface area (Å²) in [4.78, 5) is 35.7. The van der Waals surface area contributed by atoms with Gasteiger partial charge in [0.15, 0.2) is 0 Å². The quantitative estimate of drug-likeness (QED) is 0.265. The Morgan fingerprint density at radius 2 is 1.34 bits per heavy atom. The average Bonchev–Trinajstić information content (AvgIpc) is 2.76. The maximum Gasteiger partial charge on any atom is 0.243 e. The summed E-state index contributed by atoms with van der Waals surface area (Å²) in [5, 5.41) is 13.9. The van der Waals surface area contributed by atoms with E-state index in [1.807, 2.05) is 60.7 Å². The van der Waals surface area contributed by atoms with Gasteiger partial charge < -0.3 is 10.6 Å². The molecule has 0 aliphatic carbocycles. The van der Waals surface area contributed by atoms with E-state index in [9.17, 15) is 14.4 Å². The molecule has 7 heteroatoms. The van der Waals surface area contributed by atoms with Gasteiger partial charge in [-0.1, -0.05) is 67.1 Å². The fraction of sp³-hybridized carbons (Fsp3) is 0.318. The molecule has 0 saturated carbocycles. The van der Waals surface area contributed by atoms with Crippen molar-refractivity contribution in [3.63, 3.8) is 0 Å². The van der Waals surface area contributed by atoms with Gasteiger partial charge >= 0.3 is 0 Å². The number of hydrogen-bond acceptors (Lipinski definition) is 4. The number of carbonyl (C=O) groups is 3. The fourth-order valence-corrected chi connectivity index (χ4v) is 2.99. The molecule has 0 bridgehead atoms. The zero-order valence-electron chi connectivity index (χ0n) is 16.3. The lowest BCUT2D eigenvalue weighted by molar-refractivity contribution is -0.129. The van der Waals surface area contributed by atoms with Crippen LogP contribution in [-0.2, 0) is 14.4 Å². The molecule has 0 aliphatic rings. The Morgan fingerprint density at radius 1 is 0.759 bits per heavy atom. The topological polar surface area (TPSA) is 108 Å². The van der Waals surface area contributed by atoms with Gasteiger partial charge in [0.2, 0.25) is 17.7 Å². The van der Waals surface area contributed by atoms with Crippen LogP contribution in [0.25, 0.3) is 0 Å². The maximum atomic E-state index is 12.8. The first-order valence-corrected chi connectivity index (χ1v) is 9.69. The Kier molecular flexibility index (Phi) is 9.38. The second-order valence-electron chi connectivity index (χ2n) is 6.67. The summed E-state index contributed by atoms with van der Waals surface area (Å²) in [6, 6.07) is 18.9. The molecule has 0 fully saturated rings. The molecule has 2 aromatic carbocycles. The number of carbonyl (C=O) groups excluding carboxylic acids is 3. The van der Waals surface area contributed by atoms with E-state index < -0.39 is 11.8 Å². The lowest BCUT2D eigenvalue weighted by Crippen LogP contribution is -2.39. The molecule has 29 heavy (non-hydrogen) atoms. The highest BCUT2D eigenvalue weighted by Gasteiger charge is 2.22. The Hall–Kier alpha value is -3.19. The van der Waals surface area contributed by atoms with E-state index in [1.54, 1.807) is 5.48 Å². The zero-order valence-corrected chi connectivity index (χ0v) is 16.3. The van der Waals surface area contributed by atoms with Gasteiger partial charge in [-0.05, 0) is 24.0 Å². The van der Waals surface area contributed by atoms with Crippen molar-refractivity contribution in [3.8, 4) is 0 Å². The van der Waals surface area contributed by atoms with Crippen LogP contribution >= 0.6 is 0 Å². The summed E-state index contributed by atoms with van der Waals surface area (Å²) in [6.45, 7) is 0.373. The van der Waals surface area contributed by atoms with Crippen molar-refractivity contribution >= 4 is 17.7 Å². The van der Waals surface area contributed by atoms with Crippen molar-refractivity contribution in [1.29, 1.82) is 0 Å². The van der Waals surface area contributed by atoms with Crippen LogP contribution in [0.3, 0.4) is 0 Å². The minimum absolute atomic E-state index is 0.0953. The third-order valence-corrected chi connectivity index (χ3v) is 4.48. The highest BCUT2D eigenvalue weighted by molar-refractivity contribution is 5.90. The first-order valence-electron chi connectivity index (χ1n) is 9.69. The lowest BCUT2D eigenvalue weighted by Gasteiger charge is -2.17. The molecule has 0 aromatic heterocycles. The van der Waals surface area contributed by atoms with E-state index in [-0.39, 0.29) is 24.8 Å². The van der Waals surface area contributed by atoms with Crippen LogP contribution in [0.2, 0.25) is 0 Å². The van der Waals surface area contributed by atoms with Crippen LogP contribution in [0, 0.1) is 0 Å². The van der Waals surface area contributed by atoms with E-state index in [1.165, 1.54) is 0 Å². The third kappa shape index (κ3) is 7.75. The van der Waals surface area contributed by atoms with Crippen LogP contribution in [0.1, 0.15) is 42.7 Å². The number of hydroxylamine groups is 1. The Labute approximate surface area is 170 Å². The number of hydrogen-bond donors (Lipinski definition) is 4. The molecule has 3 amide bonds. The van der Waals surface area contributed by atoms with Crippen molar-refractivity contribution in [2.24, 2.45) is 0 Å². The minimum Gasteiger partial charge on any atom is -0.355 e. The molecule has 0 saturated heterocycles. The monoisotopic (exact) mass is 397 g/mol. The summed E-state index contributed by atoms with van der Waals surface area (Å²) < 4.78 is 0. The van der Waals surface area contributed by atoms with E-state index in [2.05, 4.69) is 10.6 Å². The maximum absolute atomic E-state index is 12.8. The highest BCUT2D eigenvalue weighted by atomic mass is 16.5. The Morgan fingerprint density at radius 3 is 1.90 bits per heavy atom. The van der Waals surface area contributed by atoms with Crippen LogP contribution in [0.5, 0.6) is 0 Å². The zero-order chi connectivity index (χ0) is 20.9. The summed E-state index contributed by atoms with van der Waals surface area (Å²) in [5.41, 5.74) is 3.31. The van der Waals surface area contributed by atoms with Gasteiger partial charge in [0, 0.05) is 13.0 Å². The lowest BCUT2D eigenvalue weighted by atomic mass is 9.90. The fourth-order valence-electron chi connectivity index (χ4n) is 2.99. The van der Waals surface area contributed by atoms with Gasteiger partial charge in [-0.15, -0.1) is 0 Å². The first-order chi connectivity index (χ1) is 14.1. The number of nitrogens with one attached hydrogen (secondary N) is 3. The normalized spacial score (nSPS) is 10.4. The smallest absolute Gasteiger partial charge is 0.243 e. The van der Waals surface area contributed by atoms with Gasteiger partial charge in [0.05, 0.1) is 12.5 Å². The van der Waals surface area contributed by atoms with Gasteiger partial charge in [-0.25, -0.2) is 5.48 Å². The van der Waals surface area contributed by atoms with Crippen molar-refractivity contribution in [3.05, 3.63) is 71.8 Å². The second-order valence-corrected chi connectivity index (χ2v) is 6.67. The van der Waals surface area contributed by atoms with Crippen molar-refractivity contribution < 1.29 is 19.6 Å². The predicted octanol–water partition coefficient (Wildman–Crippen LogP) is 2.12. The molecule has 0 aliphatic heterocycles. The number of rotatable bonds is 11. The van der Waals surface area contributed by atoms with Gasteiger partial charge in [0.25, 0.3) is 0 Å². The van der Waals surface area contributed by atoms with E-state index in [4.69, 9.17) is 5.21 Å². The van der Waals surface area contributed by atoms with Gasteiger partial charge in [-0.3, -0.25) is 19.6 Å². The number of unbranched alkanes of at least 4 members (excludes halogenated alkanes) is 2. The molecule has 0 unspecified atom stereocenters. The summed E-state index contributed by atoms with van der Waals surface area (Å²) in [5.74, 6) is -1.38. The van der Waals surface area contributed by atoms with Crippen molar-refractivity contribution in [1.82, 2.24) is 16.1 Å². The summed E-state index contributed by atoms with van der Waals surface area (Å²) in [7, 11) is 0. The molecule has 0 radical (unpaired) electrons. The molecule has 0 spiro atoms.